The molecule has 10 nitrogen and oxygen atoms in total. The molecule has 0 spiro atoms. The number of esters is 4. The molecule has 1 aliphatic rings. The fourth-order valence-electron chi connectivity index (χ4n) is 7.26. The Balaban J connectivity index is 1.12. The molecular weight excluding hydrogens is 749 g/mol. The lowest BCUT2D eigenvalue weighted by molar-refractivity contribution is -0.138. The number of rotatable bonds is 24. The Kier molecular flexibility index (Phi) is 16.5. The maximum Gasteiger partial charge on any atom is 0.343 e. The van der Waals surface area contributed by atoms with Crippen LogP contribution in [0, 0.1) is 0 Å². The highest BCUT2D eigenvalue weighted by atomic mass is 16.5. The lowest BCUT2D eigenvalue weighted by atomic mass is 9.74. The molecule has 0 heterocycles. The lowest BCUT2D eigenvalue weighted by Crippen LogP contribution is -2.23. The molecule has 1 aliphatic carbocycles. The summed E-state index contributed by atoms with van der Waals surface area (Å²) in [5.74, 6) is 0.516. The van der Waals surface area contributed by atoms with Gasteiger partial charge in [-0.3, -0.25) is 0 Å². The summed E-state index contributed by atoms with van der Waals surface area (Å²) in [7, 11) is 0. The molecule has 4 aromatic rings. The molecule has 0 aliphatic heterocycles. The first kappa shape index (κ1) is 44.0. The molecule has 0 fully saturated rings. The lowest BCUT2D eigenvalue weighted by Gasteiger charge is -2.30. The minimum atomic E-state index is -0.464. The van der Waals surface area contributed by atoms with Gasteiger partial charge in [0.15, 0.2) is 0 Å². The monoisotopic (exact) mass is 802 g/mol. The Morgan fingerprint density at radius 2 is 0.847 bits per heavy atom. The minimum Gasteiger partial charge on any atom is -0.494 e. The second kappa shape index (κ2) is 22.1. The third kappa shape index (κ3) is 11.9. The quantitative estimate of drug-likeness (QED) is 0.0293. The van der Waals surface area contributed by atoms with E-state index in [-0.39, 0.29) is 5.41 Å². The first-order valence-electron chi connectivity index (χ1n) is 20.5. The summed E-state index contributed by atoms with van der Waals surface area (Å²) < 4.78 is 33.4. The van der Waals surface area contributed by atoms with E-state index in [0.29, 0.717) is 60.6 Å². The van der Waals surface area contributed by atoms with Crippen LogP contribution in [-0.2, 0) is 24.5 Å². The Labute approximate surface area is 347 Å². The van der Waals surface area contributed by atoms with Gasteiger partial charge in [-0.15, -0.1) is 0 Å². The van der Waals surface area contributed by atoms with Gasteiger partial charge in [-0.05, 0) is 159 Å². The average molecular weight is 803 g/mol. The van der Waals surface area contributed by atoms with Crippen molar-refractivity contribution in [2.24, 2.45) is 0 Å². The van der Waals surface area contributed by atoms with Crippen molar-refractivity contribution in [1.82, 2.24) is 0 Å². The summed E-state index contributed by atoms with van der Waals surface area (Å²) in [5.41, 5.74) is 4.71. The van der Waals surface area contributed by atoms with E-state index in [1.807, 2.05) is 36.4 Å². The normalized spacial score (nSPS) is 12.0. The van der Waals surface area contributed by atoms with E-state index in [2.05, 4.69) is 27.0 Å². The molecule has 4 aromatic carbocycles. The van der Waals surface area contributed by atoms with E-state index in [4.69, 9.17) is 28.4 Å². The van der Waals surface area contributed by atoms with Crippen LogP contribution in [0.5, 0.6) is 23.0 Å². The summed E-state index contributed by atoms with van der Waals surface area (Å²) in [5, 5.41) is 0. The summed E-state index contributed by atoms with van der Waals surface area (Å²) in [4.78, 5) is 48.7. The van der Waals surface area contributed by atoms with Crippen molar-refractivity contribution >= 4 is 23.9 Å². The Morgan fingerprint density at radius 3 is 1.20 bits per heavy atom. The van der Waals surface area contributed by atoms with Gasteiger partial charge in [-0.2, -0.15) is 0 Å². The number of carbonyl (C=O) groups is 4. The smallest absolute Gasteiger partial charge is 0.343 e. The Hall–Kier alpha value is -6.16. The van der Waals surface area contributed by atoms with E-state index in [9.17, 15) is 19.2 Å². The third-order valence-electron chi connectivity index (χ3n) is 10.5. The summed E-state index contributed by atoms with van der Waals surface area (Å²) in [6.45, 7) is 12.9. The number of unbranched alkanes of at least 4 members (excludes halogenated alkanes) is 6. The predicted octanol–water partition coefficient (Wildman–Crippen LogP) is 10.5. The van der Waals surface area contributed by atoms with E-state index < -0.39 is 23.9 Å². The van der Waals surface area contributed by atoms with Gasteiger partial charge in [0.2, 0.25) is 0 Å². The largest absolute Gasteiger partial charge is 0.494 e. The van der Waals surface area contributed by atoms with Gasteiger partial charge in [0.25, 0.3) is 0 Å². The number of hydrogen-bond donors (Lipinski definition) is 0. The van der Waals surface area contributed by atoms with Crippen LogP contribution in [0.3, 0.4) is 0 Å². The second-order valence-electron chi connectivity index (χ2n) is 14.3. The van der Waals surface area contributed by atoms with Crippen molar-refractivity contribution in [2.45, 2.75) is 83.5 Å². The number of ether oxygens (including phenoxy) is 6. The van der Waals surface area contributed by atoms with E-state index in [1.165, 1.54) is 0 Å². The van der Waals surface area contributed by atoms with Crippen molar-refractivity contribution in [2.75, 3.05) is 26.4 Å². The molecule has 0 saturated carbocycles. The van der Waals surface area contributed by atoms with Gasteiger partial charge in [0, 0.05) is 17.6 Å². The SMILES string of the molecule is C=CC(=O)OCCCCCCOc1ccc(C(=O)Oc2ccc3c(c2)C(CC)(CC)c2cc(OC(=O)c4ccc(OCCCCCCOC(=O)C=C)cc4)ccc2-3)cc1. The molecule has 0 N–H and O–H groups in total. The fourth-order valence-corrected chi connectivity index (χ4v) is 7.26. The molecule has 0 saturated heterocycles. The predicted molar refractivity (Wildman–Crippen MR) is 226 cm³/mol. The van der Waals surface area contributed by atoms with Gasteiger partial charge < -0.3 is 28.4 Å². The maximum atomic E-state index is 13.2. The first-order valence-corrected chi connectivity index (χ1v) is 20.5. The molecule has 0 unspecified atom stereocenters. The highest BCUT2D eigenvalue weighted by Crippen LogP contribution is 2.54. The van der Waals surface area contributed by atoms with Crippen LogP contribution in [0.15, 0.2) is 110 Å². The van der Waals surface area contributed by atoms with Crippen molar-refractivity contribution in [3.05, 3.63) is 132 Å². The first-order chi connectivity index (χ1) is 28.7. The van der Waals surface area contributed by atoms with Gasteiger partial charge in [-0.1, -0.05) is 39.1 Å². The molecule has 0 bridgehead atoms. The standard InChI is InChI=1S/C49H54O10/c1-5-45(50)56-31-15-11-9-13-29-54-37-21-17-35(18-22-37)47(52)58-39-25-27-41-42-28-26-40(34-44(42)49(7-3,8-4)43(41)33-39)59-48(53)36-19-23-38(24-20-36)55-30-14-10-12-16-32-57-46(51)6-2/h5-6,17-28,33-34H,1-2,7-16,29-32H2,3-4H3. The maximum absolute atomic E-state index is 13.2. The van der Waals surface area contributed by atoms with Crippen LogP contribution in [0.4, 0.5) is 0 Å². The molecule has 0 radical (unpaired) electrons. The fraction of sp³-hybridized carbons (Fsp3) is 0.347. The van der Waals surface area contributed by atoms with Crippen LogP contribution >= 0.6 is 0 Å². The number of hydrogen-bond acceptors (Lipinski definition) is 10. The number of benzene rings is 4. The third-order valence-corrected chi connectivity index (χ3v) is 10.5. The van der Waals surface area contributed by atoms with Crippen molar-refractivity contribution in [3.8, 4) is 34.1 Å². The minimum absolute atomic E-state index is 0.371. The van der Waals surface area contributed by atoms with Crippen molar-refractivity contribution in [3.63, 3.8) is 0 Å². The average Bonchev–Trinajstić information content (AvgIpc) is 3.53. The molecule has 310 valence electrons. The van der Waals surface area contributed by atoms with Gasteiger partial charge in [0.05, 0.1) is 37.6 Å². The van der Waals surface area contributed by atoms with Gasteiger partial charge >= 0.3 is 23.9 Å². The van der Waals surface area contributed by atoms with E-state index >= 15 is 0 Å². The summed E-state index contributed by atoms with van der Waals surface area (Å²) >= 11 is 0. The highest BCUT2D eigenvalue weighted by molar-refractivity contribution is 5.92. The van der Waals surface area contributed by atoms with Crippen molar-refractivity contribution < 1.29 is 47.6 Å². The Morgan fingerprint density at radius 1 is 0.492 bits per heavy atom. The molecule has 0 amide bonds. The van der Waals surface area contributed by atoms with Gasteiger partial charge in [0.1, 0.15) is 23.0 Å². The molecule has 5 rings (SSSR count). The summed E-state index contributed by atoms with van der Waals surface area (Å²) in [6, 6.07) is 25.4. The van der Waals surface area contributed by atoms with Crippen LogP contribution in [0.25, 0.3) is 11.1 Å². The van der Waals surface area contributed by atoms with Crippen molar-refractivity contribution in [1.29, 1.82) is 0 Å². The summed E-state index contributed by atoms with van der Waals surface area (Å²) in [6.07, 6.45) is 11.0. The van der Waals surface area contributed by atoms with Crippen LogP contribution < -0.4 is 18.9 Å². The molecule has 0 aromatic heterocycles. The van der Waals surface area contributed by atoms with Crippen LogP contribution in [-0.4, -0.2) is 50.3 Å². The Bertz CT molecular complexity index is 1920. The van der Waals surface area contributed by atoms with Crippen LogP contribution in [0.2, 0.25) is 0 Å². The molecule has 59 heavy (non-hydrogen) atoms. The topological polar surface area (TPSA) is 124 Å². The zero-order valence-corrected chi connectivity index (χ0v) is 34.1. The zero-order chi connectivity index (χ0) is 42.0. The van der Waals surface area contributed by atoms with Crippen LogP contribution in [0.1, 0.15) is 110 Å². The number of carbonyl (C=O) groups excluding carboxylic acids is 4. The van der Waals surface area contributed by atoms with E-state index in [0.717, 1.165) is 98.6 Å². The van der Waals surface area contributed by atoms with E-state index in [1.54, 1.807) is 48.5 Å². The molecular formula is C49H54O10. The second-order valence-corrected chi connectivity index (χ2v) is 14.3. The van der Waals surface area contributed by atoms with Gasteiger partial charge in [-0.25, -0.2) is 19.2 Å². The zero-order valence-electron chi connectivity index (χ0n) is 34.1. The molecule has 0 atom stereocenters. The highest BCUT2D eigenvalue weighted by Gasteiger charge is 2.41. The number of fused-ring (bicyclic) bond motifs is 3. The molecule has 10 heteroatoms.